The molecule has 184 valence electrons. The topological polar surface area (TPSA) is 84.9 Å². The Morgan fingerprint density at radius 1 is 0.972 bits per heavy atom. The molecule has 1 saturated heterocycles. The molecule has 0 atom stereocenters. The molecular formula is C26H19Br2IN2O5. The molecule has 0 unspecified atom stereocenters. The summed E-state index contributed by atoms with van der Waals surface area (Å²) in [4.78, 5) is 39.1. The quantitative estimate of drug-likeness (QED) is 0.172. The summed E-state index contributed by atoms with van der Waals surface area (Å²) in [6.45, 7) is 2.57. The SMILES string of the molecule is CCOc1cc(/C=C2\C(=O)NC(=O)N(c3ccc(Br)cc3)C2=O)cc(Br)c1OCc1ccc(I)cc1. The van der Waals surface area contributed by atoms with E-state index in [1.165, 1.54) is 6.08 Å². The molecule has 4 amide bonds. The molecule has 7 nitrogen and oxygen atoms in total. The van der Waals surface area contributed by atoms with Gasteiger partial charge in [-0.2, -0.15) is 0 Å². The second kappa shape index (κ2) is 11.6. The van der Waals surface area contributed by atoms with Gasteiger partial charge in [-0.3, -0.25) is 14.9 Å². The lowest BCUT2D eigenvalue weighted by molar-refractivity contribution is -0.122. The minimum absolute atomic E-state index is 0.181. The largest absolute Gasteiger partial charge is 0.490 e. The second-order valence-electron chi connectivity index (χ2n) is 7.61. The number of carbonyl (C=O) groups excluding carboxylic acids is 3. The van der Waals surface area contributed by atoms with Gasteiger partial charge in [-0.25, -0.2) is 9.69 Å². The number of rotatable bonds is 7. The number of hydrogen-bond donors (Lipinski definition) is 1. The van der Waals surface area contributed by atoms with Crippen molar-refractivity contribution in [3.8, 4) is 11.5 Å². The number of barbiturate groups is 1. The molecule has 1 fully saturated rings. The van der Waals surface area contributed by atoms with Crippen molar-refractivity contribution >= 4 is 84.1 Å². The van der Waals surface area contributed by atoms with Gasteiger partial charge in [0.2, 0.25) is 0 Å². The van der Waals surface area contributed by atoms with Crippen molar-refractivity contribution in [2.45, 2.75) is 13.5 Å². The summed E-state index contributed by atoms with van der Waals surface area (Å²) < 4.78 is 14.3. The molecule has 1 N–H and O–H groups in total. The number of benzene rings is 3. The Kier molecular flexibility index (Phi) is 8.47. The van der Waals surface area contributed by atoms with Crippen LogP contribution in [-0.4, -0.2) is 24.5 Å². The third kappa shape index (κ3) is 5.98. The Morgan fingerprint density at radius 3 is 2.33 bits per heavy atom. The predicted molar refractivity (Wildman–Crippen MR) is 152 cm³/mol. The van der Waals surface area contributed by atoms with Crippen LogP contribution in [0.25, 0.3) is 6.08 Å². The summed E-state index contributed by atoms with van der Waals surface area (Å²) in [6.07, 6.45) is 1.42. The van der Waals surface area contributed by atoms with Crippen molar-refractivity contribution in [2.75, 3.05) is 11.5 Å². The van der Waals surface area contributed by atoms with Crippen molar-refractivity contribution in [2.24, 2.45) is 0 Å². The van der Waals surface area contributed by atoms with Gasteiger partial charge in [-0.05, 0) is 111 Å². The molecule has 0 aliphatic carbocycles. The molecule has 0 radical (unpaired) electrons. The lowest BCUT2D eigenvalue weighted by Gasteiger charge is -2.26. The maximum atomic E-state index is 13.2. The van der Waals surface area contributed by atoms with Crippen LogP contribution in [-0.2, 0) is 16.2 Å². The minimum atomic E-state index is -0.806. The van der Waals surface area contributed by atoms with Gasteiger partial charge in [0, 0.05) is 8.04 Å². The van der Waals surface area contributed by atoms with Gasteiger partial charge < -0.3 is 9.47 Å². The summed E-state index contributed by atoms with van der Waals surface area (Å²) >= 11 is 9.10. The van der Waals surface area contributed by atoms with E-state index in [9.17, 15) is 14.4 Å². The minimum Gasteiger partial charge on any atom is -0.490 e. The lowest BCUT2D eigenvalue weighted by Crippen LogP contribution is -2.54. The van der Waals surface area contributed by atoms with E-state index in [0.717, 1.165) is 18.5 Å². The summed E-state index contributed by atoms with van der Waals surface area (Å²) in [7, 11) is 0. The van der Waals surface area contributed by atoms with Gasteiger partial charge in [0.05, 0.1) is 16.8 Å². The maximum Gasteiger partial charge on any atom is 0.335 e. The molecule has 0 aromatic heterocycles. The average Bonchev–Trinajstić information content (AvgIpc) is 2.83. The van der Waals surface area contributed by atoms with E-state index in [0.29, 0.717) is 40.4 Å². The first-order valence-electron chi connectivity index (χ1n) is 10.8. The predicted octanol–water partition coefficient (Wildman–Crippen LogP) is 6.46. The van der Waals surface area contributed by atoms with E-state index >= 15 is 0 Å². The second-order valence-corrected chi connectivity index (χ2v) is 10.6. The Balaban J connectivity index is 1.65. The van der Waals surface area contributed by atoms with Crippen molar-refractivity contribution in [1.82, 2.24) is 5.32 Å². The highest BCUT2D eigenvalue weighted by molar-refractivity contribution is 14.1. The van der Waals surface area contributed by atoms with E-state index in [2.05, 4.69) is 59.8 Å². The van der Waals surface area contributed by atoms with Gasteiger partial charge in [0.1, 0.15) is 12.2 Å². The van der Waals surface area contributed by atoms with Crippen LogP contribution in [0.4, 0.5) is 10.5 Å². The molecule has 0 spiro atoms. The fraction of sp³-hybridized carbons (Fsp3) is 0.115. The van der Waals surface area contributed by atoms with Crippen LogP contribution in [0.5, 0.6) is 11.5 Å². The van der Waals surface area contributed by atoms with Crippen molar-refractivity contribution < 1.29 is 23.9 Å². The van der Waals surface area contributed by atoms with E-state index in [-0.39, 0.29) is 5.57 Å². The molecule has 36 heavy (non-hydrogen) atoms. The van der Waals surface area contributed by atoms with Crippen LogP contribution >= 0.6 is 54.5 Å². The zero-order valence-corrected chi connectivity index (χ0v) is 24.2. The number of carbonyl (C=O) groups is 3. The Labute approximate surface area is 238 Å². The number of hydrogen-bond acceptors (Lipinski definition) is 5. The van der Waals surface area contributed by atoms with Gasteiger partial charge in [0.15, 0.2) is 11.5 Å². The molecule has 3 aromatic carbocycles. The summed E-state index contributed by atoms with van der Waals surface area (Å²) in [5, 5.41) is 2.23. The number of anilines is 1. The summed E-state index contributed by atoms with van der Waals surface area (Å²) in [6, 6.07) is 17.2. The highest BCUT2D eigenvalue weighted by atomic mass is 127. The Morgan fingerprint density at radius 2 is 1.67 bits per heavy atom. The van der Waals surface area contributed by atoms with E-state index in [1.54, 1.807) is 36.4 Å². The van der Waals surface area contributed by atoms with Gasteiger partial charge in [-0.15, -0.1) is 0 Å². The molecule has 0 bridgehead atoms. The van der Waals surface area contributed by atoms with E-state index in [4.69, 9.17) is 9.47 Å². The zero-order chi connectivity index (χ0) is 25.8. The first-order chi connectivity index (χ1) is 17.3. The van der Waals surface area contributed by atoms with Gasteiger partial charge in [0.25, 0.3) is 11.8 Å². The molecule has 4 rings (SSSR count). The maximum absolute atomic E-state index is 13.2. The molecule has 1 aliphatic heterocycles. The molecule has 3 aromatic rings. The number of imide groups is 2. The average molecular weight is 726 g/mol. The fourth-order valence-corrected chi connectivity index (χ4v) is 4.66. The molecule has 0 saturated carbocycles. The Hall–Kier alpha value is -2.70. The van der Waals surface area contributed by atoms with Crippen LogP contribution in [0, 0.1) is 3.57 Å². The van der Waals surface area contributed by atoms with Crippen LogP contribution in [0.3, 0.4) is 0 Å². The zero-order valence-electron chi connectivity index (χ0n) is 18.9. The first kappa shape index (κ1) is 26.4. The highest BCUT2D eigenvalue weighted by Gasteiger charge is 2.36. The number of nitrogens with zero attached hydrogens (tertiary/aromatic N) is 1. The number of ether oxygens (including phenoxy) is 2. The van der Waals surface area contributed by atoms with Crippen LogP contribution < -0.4 is 19.7 Å². The molecule has 10 heteroatoms. The van der Waals surface area contributed by atoms with Crippen LogP contribution in [0.15, 0.2) is 75.2 Å². The molecule has 1 aliphatic rings. The van der Waals surface area contributed by atoms with Gasteiger partial charge >= 0.3 is 6.03 Å². The Bertz CT molecular complexity index is 1360. The van der Waals surface area contributed by atoms with Gasteiger partial charge in [-0.1, -0.05) is 28.1 Å². The lowest BCUT2D eigenvalue weighted by atomic mass is 10.1. The highest BCUT2D eigenvalue weighted by Crippen LogP contribution is 2.38. The third-order valence-corrected chi connectivity index (χ3v) is 6.96. The van der Waals surface area contributed by atoms with Crippen molar-refractivity contribution in [3.05, 3.63) is 89.9 Å². The number of nitrogens with one attached hydrogen (secondary N) is 1. The van der Waals surface area contributed by atoms with Crippen LogP contribution in [0.1, 0.15) is 18.1 Å². The normalized spacial score (nSPS) is 14.7. The smallest absolute Gasteiger partial charge is 0.335 e. The summed E-state index contributed by atoms with van der Waals surface area (Å²) in [5.74, 6) is -0.539. The standard InChI is InChI=1S/C26H19Br2IN2O5/c1-2-35-22-13-16(12-21(28)23(22)36-14-15-3-7-18(29)8-4-15)11-20-24(32)30-26(34)31(25(20)33)19-9-5-17(27)6-10-19/h3-13H,2,14H2,1H3,(H,30,32,34)/b20-11+. The van der Waals surface area contributed by atoms with Crippen molar-refractivity contribution in [1.29, 1.82) is 0 Å². The van der Waals surface area contributed by atoms with Crippen molar-refractivity contribution in [3.63, 3.8) is 0 Å². The fourth-order valence-electron chi connectivity index (χ4n) is 3.46. The molecule has 1 heterocycles. The third-order valence-electron chi connectivity index (χ3n) is 5.13. The van der Waals surface area contributed by atoms with E-state index < -0.39 is 17.8 Å². The molecular weight excluding hydrogens is 707 g/mol. The number of halogens is 3. The first-order valence-corrected chi connectivity index (χ1v) is 13.4. The van der Waals surface area contributed by atoms with Crippen LogP contribution in [0.2, 0.25) is 0 Å². The van der Waals surface area contributed by atoms with E-state index in [1.807, 2.05) is 31.2 Å². The number of urea groups is 1. The monoisotopic (exact) mass is 724 g/mol. The summed E-state index contributed by atoms with van der Waals surface area (Å²) in [5.41, 5.74) is 1.68. The number of amides is 4.